The lowest BCUT2D eigenvalue weighted by Gasteiger charge is -2.30. The van der Waals surface area contributed by atoms with Gasteiger partial charge in [-0.1, -0.05) is 42.1 Å². The Labute approximate surface area is 177 Å². The summed E-state index contributed by atoms with van der Waals surface area (Å²) in [5, 5.41) is 2.95. The molecule has 0 saturated carbocycles. The molecular formula is C21H23F4N3OS. The van der Waals surface area contributed by atoms with Gasteiger partial charge >= 0.3 is 6.18 Å². The number of allylic oxidation sites excluding steroid dienone is 5. The number of nitrogens with zero attached hydrogens (tertiary/aromatic N) is 1. The molecule has 1 amide bonds. The van der Waals surface area contributed by atoms with Crippen molar-refractivity contribution in [1.82, 2.24) is 0 Å². The first-order chi connectivity index (χ1) is 13.9. The Morgan fingerprint density at radius 3 is 2.57 bits per heavy atom. The average molecular weight is 441 g/mol. The number of nitrogens with two attached hydrogens (primary N) is 1. The topological polar surface area (TPSA) is 67.5 Å². The fourth-order valence-corrected chi connectivity index (χ4v) is 3.62. The molecular weight excluding hydrogens is 418 g/mol. The van der Waals surface area contributed by atoms with E-state index in [2.05, 4.69) is 10.3 Å². The lowest BCUT2D eigenvalue weighted by Crippen LogP contribution is -2.29. The van der Waals surface area contributed by atoms with Crippen LogP contribution < -0.4 is 11.1 Å². The minimum Gasteiger partial charge on any atom is -0.379 e. The normalized spacial score (nSPS) is 21.0. The van der Waals surface area contributed by atoms with Crippen LogP contribution in [0.5, 0.6) is 0 Å². The first-order valence-corrected chi connectivity index (χ1v) is 10.1. The highest BCUT2D eigenvalue weighted by atomic mass is 32.2. The largest absolute Gasteiger partial charge is 0.412 e. The van der Waals surface area contributed by atoms with Crippen LogP contribution in [0.15, 0.2) is 58.6 Å². The zero-order chi connectivity index (χ0) is 22.5. The van der Waals surface area contributed by atoms with E-state index < -0.39 is 29.0 Å². The number of aliphatic imine (C=N–C) groups is 1. The van der Waals surface area contributed by atoms with Crippen molar-refractivity contribution in [1.29, 1.82) is 0 Å². The Morgan fingerprint density at radius 2 is 1.93 bits per heavy atom. The van der Waals surface area contributed by atoms with Gasteiger partial charge < -0.3 is 11.1 Å². The van der Waals surface area contributed by atoms with Gasteiger partial charge in [0, 0.05) is 16.9 Å². The van der Waals surface area contributed by atoms with Gasteiger partial charge in [0.05, 0.1) is 11.2 Å². The molecule has 0 spiro atoms. The number of hydrogen-bond acceptors (Lipinski definition) is 4. The molecule has 2 rings (SSSR count). The number of anilines is 1. The molecule has 4 nitrogen and oxygen atoms in total. The molecule has 162 valence electrons. The highest BCUT2D eigenvalue weighted by Crippen LogP contribution is 2.36. The number of nitrogens with one attached hydrogen (secondary N) is 1. The molecule has 0 fully saturated rings. The van der Waals surface area contributed by atoms with Crippen molar-refractivity contribution < 1.29 is 22.4 Å². The third-order valence-corrected chi connectivity index (χ3v) is 5.44. The van der Waals surface area contributed by atoms with Gasteiger partial charge in [0.25, 0.3) is 5.91 Å². The molecule has 9 heteroatoms. The summed E-state index contributed by atoms with van der Waals surface area (Å²) < 4.78 is 51.5. The molecule has 1 aromatic carbocycles. The summed E-state index contributed by atoms with van der Waals surface area (Å²) in [4.78, 5) is 16.8. The predicted molar refractivity (Wildman–Crippen MR) is 114 cm³/mol. The zero-order valence-corrected chi connectivity index (χ0v) is 17.6. The molecule has 1 aliphatic heterocycles. The first-order valence-electron chi connectivity index (χ1n) is 9.11. The lowest BCUT2D eigenvalue weighted by molar-refractivity contribution is -0.112. The van der Waals surface area contributed by atoms with E-state index in [9.17, 15) is 22.4 Å². The molecule has 1 aliphatic rings. The molecule has 3 N–H and O–H groups in total. The molecule has 1 aromatic rings. The van der Waals surface area contributed by atoms with Crippen LogP contribution in [0.2, 0.25) is 0 Å². The number of thioether (sulfide) groups is 1. The molecule has 0 aromatic heterocycles. The number of rotatable bonds is 5. The predicted octanol–water partition coefficient (Wildman–Crippen LogP) is 5.44. The number of amidine groups is 1. The van der Waals surface area contributed by atoms with E-state index in [1.54, 1.807) is 6.07 Å². The van der Waals surface area contributed by atoms with Gasteiger partial charge in [-0.3, -0.25) is 9.79 Å². The van der Waals surface area contributed by atoms with Crippen LogP contribution in [0.25, 0.3) is 0 Å². The minimum atomic E-state index is -4.40. The van der Waals surface area contributed by atoms with Crippen molar-refractivity contribution >= 4 is 28.5 Å². The minimum absolute atomic E-state index is 0.00438. The van der Waals surface area contributed by atoms with Crippen LogP contribution in [0.4, 0.5) is 23.2 Å². The molecule has 1 unspecified atom stereocenters. The summed E-state index contributed by atoms with van der Waals surface area (Å²) in [5.74, 6) is -0.397. The standard InChI is InChI=1S/C21H23F4N3OS/c1-13(6-4-5-7-14(2)21(23,24)25)18(29)27-17-12-15(8-9-16(17)22)20(3)10-11-30-19(26)28-20/h4-9,12H,10-11H2,1-3H3,(H2,26,28)(H,27,29)/b5-4-,13-6+,14-7+. The van der Waals surface area contributed by atoms with Crippen molar-refractivity contribution in [2.45, 2.75) is 38.9 Å². The van der Waals surface area contributed by atoms with Gasteiger partial charge in [-0.25, -0.2) is 4.39 Å². The highest BCUT2D eigenvalue weighted by molar-refractivity contribution is 8.13. The maximum atomic E-state index is 14.2. The van der Waals surface area contributed by atoms with Gasteiger partial charge in [-0.15, -0.1) is 0 Å². The van der Waals surface area contributed by atoms with E-state index in [1.807, 2.05) is 6.92 Å². The maximum Gasteiger partial charge on any atom is 0.412 e. The number of hydrogen-bond donors (Lipinski definition) is 2. The third-order valence-electron chi connectivity index (χ3n) is 4.64. The van der Waals surface area contributed by atoms with Crippen LogP contribution in [-0.4, -0.2) is 23.0 Å². The summed E-state index contributed by atoms with van der Waals surface area (Å²) >= 11 is 1.45. The van der Waals surface area contributed by atoms with Crippen LogP contribution in [0.1, 0.15) is 32.8 Å². The highest BCUT2D eigenvalue weighted by Gasteiger charge is 2.30. The van der Waals surface area contributed by atoms with Gasteiger partial charge in [0.15, 0.2) is 5.17 Å². The average Bonchev–Trinajstić information content (AvgIpc) is 2.65. The Hall–Kier alpha value is -2.55. The van der Waals surface area contributed by atoms with Crippen molar-refractivity contribution in [2.24, 2.45) is 10.7 Å². The number of carbonyl (C=O) groups is 1. The van der Waals surface area contributed by atoms with E-state index in [-0.39, 0.29) is 11.3 Å². The summed E-state index contributed by atoms with van der Waals surface area (Å²) in [6, 6.07) is 4.39. The summed E-state index contributed by atoms with van der Waals surface area (Å²) in [5.41, 5.74) is 5.37. The van der Waals surface area contributed by atoms with Gasteiger partial charge in [-0.2, -0.15) is 13.2 Å². The fraction of sp³-hybridized carbons (Fsp3) is 0.333. The second-order valence-corrected chi connectivity index (χ2v) is 8.17. The molecule has 0 saturated heterocycles. The Balaban J connectivity index is 2.16. The summed E-state index contributed by atoms with van der Waals surface area (Å²) in [6.45, 7) is 4.32. The van der Waals surface area contributed by atoms with E-state index in [4.69, 9.17) is 5.73 Å². The Kier molecular flexibility index (Phi) is 7.52. The molecule has 0 aliphatic carbocycles. The fourth-order valence-electron chi connectivity index (χ4n) is 2.64. The molecule has 1 heterocycles. The molecule has 0 bridgehead atoms. The molecule has 1 atom stereocenters. The van der Waals surface area contributed by atoms with Crippen LogP contribution in [0.3, 0.4) is 0 Å². The van der Waals surface area contributed by atoms with Crippen LogP contribution in [0, 0.1) is 5.82 Å². The quantitative estimate of drug-likeness (QED) is 0.363. The van der Waals surface area contributed by atoms with Crippen LogP contribution in [-0.2, 0) is 10.3 Å². The smallest absolute Gasteiger partial charge is 0.379 e. The van der Waals surface area contributed by atoms with Crippen molar-refractivity contribution in [2.75, 3.05) is 11.1 Å². The third kappa shape index (κ3) is 6.22. The Bertz CT molecular complexity index is 935. The zero-order valence-electron chi connectivity index (χ0n) is 16.8. The second-order valence-electron chi connectivity index (χ2n) is 7.05. The monoisotopic (exact) mass is 441 g/mol. The van der Waals surface area contributed by atoms with Crippen LogP contribution >= 0.6 is 11.8 Å². The summed E-state index contributed by atoms with van der Waals surface area (Å²) in [7, 11) is 0. The van der Waals surface area contributed by atoms with Gasteiger partial charge in [0.1, 0.15) is 5.82 Å². The van der Waals surface area contributed by atoms with Crippen molar-refractivity contribution in [3.63, 3.8) is 0 Å². The number of benzene rings is 1. The molecule has 0 radical (unpaired) electrons. The van der Waals surface area contributed by atoms with E-state index in [1.165, 1.54) is 49.0 Å². The van der Waals surface area contributed by atoms with Gasteiger partial charge in [0.2, 0.25) is 0 Å². The number of carbonyl (C=O) groups excluding carboxylic acids is 1. The van der Waals surface area contributed by atoms with Crippen molar-refractivity contribution in [3.05, 3.63) is 65.0 Å². The SMILES string of the molecule is C\C(=C/C=C\C=C(/C)C(F)(F)F)C(=O)Nc1cc(C2(C)CCSC(N)=N2)ccc1F. The Morgan fingerprint density at radius 1 is 1.27 bits per heavy atom. The lowest BCUT2D eigenvalue weighted by atomic mass is 9.89. The van der Waals surface area contributed by atoms with Gasteiger partial charge in [-0.05, 0) is 44.9 Å². The number of halogens is 4. The first kappa shape index (κ1) is 23.7. The maximum absolute atomic E-state index is 14.2. The van der Waals surface area contributed by atoms with E-state index >= 15 is 0 Å². The van der Waals surface area contributed by atoms with E-state index in [0.29, 0.717) is 11.6 Å². The van der Waals surface area contributed by atoms with Crippen molar-refractivity contribution in [3.8, 4) is 0 Å². The second kappa shape index (κ2) is 9.51. The molecule has 30 heavy (non-hydrogen) atoms. The number of amides is 1. The summed E-state index contributed by atoms with van der Waals surface area (Å²) in [6.07, 6.45) is 1.07. The number of alkyl halides is 3. The van der Waals surface area contributed by atoms with E-state index in [0.717, 1.165) is 24.3 Å².